The van der Waals surface area contributed by atoms with Crippen LogP contribution in [0.15, 0.2) is 0 Å². The average molecular weight is 198 g/mol. The van der Waals surface area contributed by atoms with Crippen LogP contribution in [0.5, 0.6) is 0 Å². The second-order valence-corrected chi connectivity index (χ2v) is 4.33. The summed E-state index contributed by atoms with van der Waals surface area (Å²) in [5.41, 5.74) is 5.55. The lowest BCUT2D eigenvalue weighted by molar-refractivity contribution is -0.126. The molecule has 14 heavy (non-hydrogen) atoms. The van der Waals surface area contributed by atoms with Gasteiger partial charge in [0.1, 0.15) is 0 Å². The lowest BCUT2D eigenvalue weighted by Gasteiger charge is -2.25. The zero-order valence-corrected chi connectivity index (χ0v) is 9.14. The maximum atomic E-state index is 11.7. The van der Waals surface area contributed by atoms with Crippen LogP contribution in [0, 0.1) is 0 Å². The summed E-state index contributed by atoms with van der Waals surface area (Å²) < 4.78 is 0. The van der Waals surface area contributed by atoms with Crippen molar-refractivity contribution in [1.29, 1.82) is 0 Å². The Balaban J connectivity index is 2.45. The molecule has 1 atom stereocenters. The van der Waals surface area contributed by atoms with Crippen molar-refractivity contribution in [3.8, 4) is 0 Å². The molecule has 1 aliphatic rings. The third-order valence-electron chi connectivity index (χ3n) is 3.01. The Bertz CT molecular complexity index is 194. The Morgan fingerprint density at radius 2 is 2.21 bits per heavy atom. The molecule has 0 saturated carbocycles. The molecule has 0 aromatic heterocycles. The van der Waals surface area contributed by atoms with Gasteiger partial charge in [0.25, 0.3) is 0 Å². The van der Waals surface area contributed by atoms with Crippen molar-refractivity contribution in [3.63, 3.8) is 0 Å². The molecule has 1 amide bonds. The molecule has 3 heteroatoms. The van der Waals surface area contributed by atoms with Crippen molar-refractivity contribution in [2.45, 2.75) is 57.4 Å². The van der Waals surface area contributed by atoms with E-state index in [2.05, 4.69) is 12.2 Å². The minimum absolute atomic E-state index is 0.0612. The van der Waals surface area contributed by atoms with Crippen molar-refractivity contribution in [2.24, 2.45) is 5.73 Å². The summed E-state index contributed by atoms with van der Waals surface area (Å²) in [6.07, 6.45) is 7.25. The molecule has 1 heterocycles. The van der Waals surface area contributed by atoms with Gasteiger partial charge in [-0.1, -0.05) is 26.2 Å². The van der Waals surface area contributed by atoms with Crippen LogP contribution in [0.1, 0.15) is 51.9 Å². The summed E-state index contributed by atoms with van der Waals surface area (Å²) in [5, 5.41) is 2.90. The Hall–Kier alpha value is -0.570. The van der Waals surface area contributed by atoms with Crippen LogP contribution in [0.4, 0.5) is 0 Å². The van der Waals surface area contributed by atoms with Crippen LogP contribution in [-0.4, -0.2) is 18.0 Å². The molecule has 0 aromatic rings. The minimum atomic E-state index is -0.578. The number of unbranched alkanes of at least 4 members (excludes halogenated alkanes) is 2. The Labute approximate surface area is 86.4 Å². The third kappa shape index (κ3) is 2.98. The van der Waals surface area contributed by atoms with Crippen molar-refractivity contribution in [1.82, 2.24) is 5.32 Å². The van der Waals surface area contributed by atoms with Crippen LogP contribution in [0.25, 0.3) is 0 Å². The zero-order chi connectivity index (χ0) is 10.4. The fourth-order valence-electron chi connectivity index (χ4n) is 1.99. The molecule has 1 fully saturated rings. The van der Waals surface area contributed by atoms with E-state index in [0.717, 1.165) is 38.6 Å². The molecule has 1 aliphatic heterocycles. The first kappa shape index (κ1) is 11.5. The fourth-order valence-corrected chi connectivity index (χ4v) is 1.99. The summed E-state index contributed by atoms with van der Waals surface area (Å²) in [5.74, 6) is 0.0612. The quantitative estimate of drug-likeness (QED) is 0.674. The molecule has 82 valence electrons. The SMILES string of the molecule is CCCCCC1(N)CCCCNC1=O. The molecular weight excluding hydrogens is 176 g/mol. The lowest BCUT2D eigenvalue weighted by atomic mass is 9.88. The Morgan fingerprint density at radius 3 is 2.93 bits per heavy atom. The maximum Gasteiger partial charge on any atom is 0.240 e. The van der Waals surface area contributed by atoms with Crippen molar-refractivity contribution >= 4 is 5.91 Å². The summed E-state index contributed by atoms with van der Waals surface area (Å²) >= 11 is 0. The number of carbonyl (C=O) groups excluding carboxylic acids is 1. The standard InChI is InChI=1S/C11H22N2O/c1-2-3-4-7-11(12)8-5-6-9-13-10(11)14/h2-9,12H2,1H3,(H,13,14). The van der Waals surface area contributed by atoms with Crippen LogP contribution in [-0.2, 0) is 4.79 Å². The molecule has 1 saturated heterocycles. The van der Waals surface area contributed by atoms with E-state index in [1.807, 2.05) is 0 Å². The fraction of sp³-hybridized carbons (Fsp3) is 0.909. The van der Waals surface area contributed by atoms with E-state index < -0.39 is 5.54 Å². The van der Waals surface area contributed by atoms with Crippen LogP contribution in [0.3, 0.4) is 0 Å². The summed E-state index contributed by atoms with van der Waals surface area (Å²) in [4.78, 5) is 11.7. The van der Waals surface area contributed by atoms with Gasteiger partial charge >= 0.3 is 0 Å². The molecule has 0 spiro atoms. The van der Waals surface area contributed by atoms with E-state index >= 15 is 0 Å². The van der Waals surface area contributed by atoms with Gasteiger partial charge in [-0.15, -0.1) is 0 Å². The average Bonchev–Trinajstić information content (AvgIpc) is 2.31. The van der Waals surface area contributed by atoms with Gasteiger partial charge in [-0.25, -0.2) is 0 Å². The van der Waals surface area contributed by atoms with Gasteiger partial charge in [-0.05, 0) is 25.7 Å². The van der Waals surface area contributed by atoms with Gasteiger partial charge in [-0.2, -0.15) is 0 Å². The minimum Gasteiger partial charge on any atom is -0.355 e. The van der Waals surface area contributed by atoms with Gasteiger partial charge < -0.3 is 11.1 Å². The highest BCUT2D eigenvalue weighted by atomic mass is 16.2. The Kier molecular flexibility index (Phi) is 4.39. The molecule has 1 unspecified atom stereocenters. The van der Waals surface area contributed by atoms with E-state index in [1.165, 1.54) is 12.8 Å². The number of carbonyl (C=O) groups is 1. The number of amides is 1. The van der Waals surface area contributed by atoms with Crippen molar-refractivity contribution in [3.05, 3.63) is 0 Å². The predicted molar refractivity (Wildman–Crippen MR) is 57.9 cm³/mol. The molecule has 3 nitrogen and oxygen atoms in total. The number of hydrogen-bond donors (Lipinski definition) is 2. The normalized spacial score (nSPS) is 28.3. The van der Waals surface area contributed by atoms with Crippen LogP contribution < -0.4 is 11.1 Å². The predicted octanol–water partition coefficient (Wildman–Crippen LogP) is 1.56. The number of hydrogen-bond acceptors (Lipinski definition) is 2. The van der Waals surface area contributed by atoms with Gasteiger partial charge in [0, 0.05) is 6.54 Å². The van der Waals surface area contributed by atoms with Gasteiger partial charge in [0.2, 0.25) is 5.91 Å². The molecule has 0 radical (unpaired) electrons. The highest BCUT2D eigenvalue weighted by Crippen LogP contribution is 2.21. The van der Waals surface area contributed by atoms with E-state index in [1.54, 1.807) is 0 Å². The maximum absolute atomic E-state index is 11.7. The first-order valence-corrected chi connectivity index (χ1v) is 5.76. The number of rotatable bonds is 4. The molecule has 0 aliphatic carbocycles. The van der Waals surface area contributed by atoms with Crippen molar-refractivity contribution < 1.29 is 4.79 Å². The largest absolute Gasteiger partial charge is 0.355 e. The number of nitrogens with one attached hydrogen (secondary N) is 1. The first-order valence-electron chi connectivity index (χ1n) is 5.76. The van der Waals surface area contributed by atoms with Gasteiger partial charge in [0.05, 0.1) is 5.54 Å². The molecule has 1 rings (SSSR count). The molecular formula is C11H22N2O. The van der Waals surface area contributed by atoms with Gasteiger partial charge in [-0.3, -0.25) is 4.79 Å². The third-order valence-corrected chi connectivity index (χ3v) is 3.01. The first-order chi connectivity index (χ1) is 6.69. The summed E-state index contributed by atoms with van der Waals surface area (Å²) in [6.45, 7) is 2.96. The van der Waals surface area contributed by atoms with E-state index in [9.17, 15) is 4.79 Å². The molecule has 0 aromatic carbocycles. The highest BCUT2D eigenvalue weighted by molar-refractivity contribution is 5.86. The topological polar surface area (TPSA) is 55.1 Å². The second-order valence-electron chi connectivity index (χ2n) is 4.33. The second kappa shape index (κ2) is 5.35. The Morgan fingerprint density at radius 1 is 1.43 bits per heavy atom. The summed E-state index contributed by atoms with van der Waals surface area (Å²) in [6, 6.07) is 0. The smallest absolute Gasteiger partial charge is 0.240 e. The highest BCUT2D eigenvalue weighted by Gasteiger charge is 2.33. The van der Waals surface area contributed by atoms with Crippen LogP contribution in [0.2, 0.25) is 0 Å². The molecule has 0 bridgehead atoms. The molecule has 3 N–H and O–H groups in total. The lowest BCUT2D eigenvalue weighted by Crippen LogP contribution is -2.52. The van der Waals surface area contributed by atoms with Crippen molar-refractivity contribution in [2.75, 3.05) is 6.54 Å². The van der Waals surface area contributed by atoms with E-state index in [0.29, 0.717) is 0 Å². The van der Waals surface area contributed by atoms with Crippen LogP contribution >= 0.6 is 0 Å². The zero-order valence-electron chi connectivity index (χ0n) is 9.14. The van der Waals surface area contributed by atoms with E-state index in [-0.39, 0.29) is 5.91 Å². The monoisotopic (exact) mass is 198 g/mol. The number of nitrogens with two attached hydrogens (primary N) is 1. The van der Waals surface area contributed by atoms with E-state index in [4.69, 9.17) is 5.73 Å². The van der Waals surface area contributed by atoms with Gasteiger partial charge in [0.15, 0.2) is 0 Å². The summed E-state index contributed by atoms with van der Waals surface area (Å²) in [7, 11) is 0.